The fourth-order valence-electron chi connectivity index (χ4n) is 4.23. The van der Waals surface area contributed by atoms with Gasteiger partial charge in [0.15, 0.2) is 11.5 Å². The fourth-order valence-corrected chi connectivity index (χ4v) is 4.23. The van der Waals surface area contributed by atoms with Crippen LogP contribution in [0, 0.1) is 0 Å². The molecule has 1 aliphatic carbocycles. The largest absolute Gasteiger partial charge is 0.490 e. The van der Waals surface area contributed by atoms with Gasteiger partial charge in [0.1, 0.15) is 0 Å². The third-order valence-corrected chi connectivity index (χ3v) is 5.63. The van der Waals surface area contributed by atoms with E-state index in [1.807, 2.05) is 26.0 Å². The van der Waals surface area contributed by atoms with Gasteiger partial charge >= 0.3 is 5.97 Å². The van der Waals surface area contributed by atoms with E-state index in [9.17, 15) is 9.59 Å². The molecular weight excluding hydrogens is 394 g/mol. The van der Waals surface area contributed by atoms with E-state index in [-0.39, 0.29) is 17.9 Å². The molecule has 1 aliphatic rings. The first kappa shape index (κ1) is 22.7. The van der Waals surface area contributed by atoms with Crippen molar-refractivity contribution in [3.8, 4) is 11.5 Å². The van der Waals surface area contributed by atoms with Crippen molar-refractivity contribution in [3.63, 3.8) is 0 Å². The lowest BCUT2D eigenvalue weighted by molar-refractivity contribution is 0.0600. The molecule has 0 saturated heterocycles. The maximum Gasteiger partial charge on any atom is 0.337 e. The van der Waals surface area contributed by atoms with Crippen molar-refractivity contribution in [2.75, 3.05) is 20.3 Å². The zero-order valence-electron chi connectivity index (χ0n) is 18.5. The molecule has 0 unspecified atom stereocenters. The van der Waals surface area contributed by atoms with Crippen molar-refractivity contribution in [2.24, 2.45) is 0 Å². The lowest BCUT2D eigenvalue weighted by atomic mass is 9.79. The van der Waals surface area contributed by atoms with Crippen LogP contribution in [0.3, 0.4) is 0 Å². The van der Waals surface area contributed by atoms with E-state index in [0.29, 0.717) is 24.3 Å². The van der Waals surface area contributed by atoms with Crippen molar-refractivity contribution >= 4 is 11.9 Å². The molecule has 1 N–H and O–H groups in total. The Labute approximate surface area is 183 Å². The van der Waals surface area contributed by atoms with E-state index in [4.69, 9.17) is 14.2 Å². The van der Waals surface area contributed by atoms with E-state index in [2.05, 4.69) is 11.4 Å². The molecule has 2 atom stereocenters. The molecule has 2 aromatic rings. The summed E-state index contributed by atoms with van der Waals surface area (Å²) in [7, 11) is 1.33. The summed E-state index contributed by atoms with van der Waals surface area (Å²) in [4.78, 5) is 24.8. The van der Waals surface area contributed by atoms with Gasteiger partial charge in [0.25, 0.3) is 5.91 Å². The molecule has 6 nitrogen and oxygen atoms in total. The van der Waals surface area contributed by atoms with E-state index >= 15 is 0 Å². The molecular formula is C25H31NO5. The highest BCUT2D eigenvalue weighted by molar-refractivity contribution is 5.98. The number of amides is 1. The van der Waals surface area contributed by atoms with Crippen LogP contribution in [0.4, 0.5) is 0 Å². The zero-order valence-corrected chi connectivity index (χ0v) is 18.5. The first-order valence-electron chi connectivity index (χ1n) is 11.0. The first-order chi connectivity index (χ1) is 15.1. The van der Waals surface area contributed by atoms with Gasteiger partial charge in [0.05, 0.1) is 25.9 Å². The third kappa shape index (κ3) is 5.37. The number of nitrogens with one attached hydrogen (secondary N) is 1. The van der Waals surface area contributed by atoms with Gasteiger partial charge in [0.2, 0.25) is 0 Å². The maximum atomic E-state index is 13.0. The summed E-state index contributed by atoms with van der Waals surface area (Å²) in [6.07, 6.45) is 4.00. The van der Waals surface area contributed by atoms with E-state index in [1.165, 1.54) is 7.11 Å². The lowest BCUT2D eigenvalue weighted by Gasteiger charge is -2.34. The summed E-state index contributed by atoms with van der Waals surface area (Å²) in [5, 5.41) is 3.20. The molecule has 0 radical (unpaired) electrons. The smallest absolute Gasteiger partial charge is 0.337 e. The molecule has 0 aliphatic heterocycles. The quantitative estimate of drug-likeness (QED) is 0.619. The number of para-hydroxylation sites is 1. The van der Waals surface area contributed by atoms with E-state index in [1.54, 1.807) is 24.3 Å². The molecule has 6 heteroatoms. The highest BCUT2D eigenvalue weighted by Crippen LogP contribution is 2.42. The number of hydrogen-bond acceptors (Lipinski definition) is 5. The zero-order chi connectivity index (χ0) is 22.2. The number of methoxy groups -OCH3 is 1. The summed E-state index contributed by atoms with van der Waals surface area (Å²) in [6, 6.07) is 12.6. The molecule has 31 heavy (non-hydrogen) atoms. The van der Waals surface area contributed by atoms with Crippen molar-refractivity contribution < 1.29 is 23.8 Å². The lowest BCUT2D eigenvalue weighted by Crippen LogP contribution is -2.41. The molecule has 0 spiro atoms. The van der Waals surface area contributed by atoms with Crippen LogP contribution >= 0.6 is 0 Å². The molecule has 0 heterocycles. The number of ether oxygens (including phenoxy) is 3. The van der Waals surface area contributed by atoms with E-state index < -0.39 is 5.97 Å². The second-order valence-electron chi connectivity index (χ2n) is 7.58. The number of esters is 1. The summed E-state index contributed by atoms with van der Waals surface area (Å²) < 4.78 is 16.5. The molecule has 2 aromatic carbocycles. The minimum Gasteiger partial charge on any atom is -0.490 e. The van der Waals surface area contributed by atoms with Gasteiger partial charge in [-0.15, -0.1) is 0 Å². The summed E-state index contributed by atoms with van der Waals surface area (Å²) >= 11 is 0. The standard InChI is InChI=1S/C25H31NO5/c1-4-30-22-15-9-13-20(23(22)31-5-2)19-12-6-7-14-21(19)26-24(27)17-10-8-11-18(16-17)25(28)29-3/h8-11,13,15-16,19,21H,4-7,12,14H2,1-3H3,(H,26,27)/t19-,21-/m1/s1. The second-order valence-corrected chi connectivity index (χ2v) is 7.58. The minimum absolute atomic E-state index is 0.0286. The predicted molar refractivity (Wildman–Crippen MR) is 119 cm³/mol. The Hall–Kier alpha value is -3.02. The Bertz CT molecular complexity index is 911. The van der Waals surface area contributed by atoms with Gasteiger partial charge in [-0.3, -0.25) is 4.79 Å². The summed E-state index contributed by atoms with van der Waals surface area (Å²) in [5.41, 5.74) is 1.87. The second kappa shape index (κ2) is 10.8. The van der Waals surface area contributed by atoms with Crippen LogP contribution in [-0.2, 0) is 4.74 Å². The summed E-state index contributed by atoms with van der Waals surface area (Å²) in [5.74, 6) is 0.985. The SMILES string of the molecule is CCOc1cccc([C@H]2CCCC[C@H]2NC(=O)c2cccc(C(=O)OC)c2)c1OCC. The normalized spacial score (nSPS) is 18.2. The van der Waals surface area contributed by atoms with Gasteiger partial charge in [-0.1, -0.05) is 31.0 Å². The average Bonchev–Trinajstić information content (AvgIpc) is 2.80. The maximum absolute atomic E-state index is 13.0. The minimum atomic E-state index is -0.459. The van der Waals surface area contributed by atoms with Crippen LogP contribution in [0.15, 0.2) is 42.5 Å². The van der Waals surface area contributed by atoms with Crippen molar-refractivity contribution in [3.05, 3.63) is 59.2 Å². The highest BCUT2D eigenvalue weighted by atomic mass is 16.5. The van der Waals surface area contributed by atoms with Gasteiger partial charge in [-0.05, 0) is 51.0 Å². The predicted octanol–water partition coefficient (Wildman–Crippen LogP) is 4.73. The van der Waals surface area contributed by atoms with Crippen LogP contribution in [0.1, 0.15) is 71.7 Å². The van der Waals surface area contributed by atoms with Crippen molar-refractivity contribution in [2.45, 2.75) is 51.5 Å². The summed E-state index contributed by atoms with van der Waals surface area (Å²) in [6.45, 7) is 5.02. The van der Waals surface area contributed by atoms with Crippen molar-refractivity contribution in [1.29, 1.82) is 0 Å². The molecule has 1 fully saturated rings. The van der Waals surface area contributed by atoms with Crippen LogP contribution in [0.2, 0.25) is 0 Å². The molecule has 1 saturated carbocycles. The molecule has 3 rings (SSSR count). The number of benzene rings is 2. The van der Waals surface area contributed by atoms with Crippen LogP contribution in [0.25, 0.3) is 0 Å². The molecule has 166 valence electrons. The van der Waals surface area contributed by atoms with Crippen molar-refractivity contribution in [1.82, 2.24) is 5.32 Å². The van der Waals surface area contributed by atoms with Gasteiger partial charge < -0.3 is 19.5 Å². The Kier molecular flexibility index (Phi) is 7.93. The Morgan fingerprint density at radius 1 is 0.968 bits per heavy atom. The first-order valence-corrected chi connectivity index (χ1v) is 11.0. The van der Waals surface area contributed by atoms with Gasteiger partial charge in [-0.25, -0.2) is 4.79 Å². The van der Waals surface area contributed by atoms with Crippen LogP contribution in [-0.4, -0.2) is 38.2 Å². The molecule has 0 bridgehead atoms. The average molecular weight is 426 g/mol. The number of rotatable bonds is 8. The van der Waals surface area contributed by atoms with Gasteiger partial charge in [-0.2, -0.15) is 0 Å². The Morgan fingerprint density at radius 2 is 1.68 bits per heavy atom. The number of hydrogen-bond donors (Lipinski definition) is 1. The molecule has 0 aromatic heterocycles. The Morgan fingerprint density at radius 3 is 2.42 bits per heavy atom. The topological polar surface area (TPSA) is 73.9 Å². The third-order valence-electron chi connectivity index (χ3n) is 5.63. The van der Waals surface area contributed by atoms with Crippen LogP contribution < -0.4 is 14.8 Å². The Balaban J connectivity index is 1.86. The van der Waals surface area contributed by atoms with Gasteiger partial charge in [0, 0.05) is 23.1 Å². The van der Waals surface area contributed by atoms with E-state index in [0.717, 1.165) is 42.7 Å². The molecule has 1 amide bonds. The number of carbonyl (C=O) groups is 2. The number of carbonyl (C=O) groups excluding carboxylic acids is 2. The monoisotopic (exact) mass is 425 g/mol. The van der Waals surface area contributed by atoms with Crippen LogP contribution in [0.5, 0.6) is 11.5 Å². The fraction of sp³-hybridized carbons (Fsp3) is 0.440. The highest BCUT2D eigenvalue weighted by Gasteiger charge is 2.31.